The highest BCUT2D eigenvalue weighted by Gasteiger charge is 2.60. The fourth-order valence-electron chi connectivity index (χ4n) is 3.09. The van der Waals surface area contributed by atoms with Crippen molar-refractivity contribution in [3.05, 3.63) is 59.2 Å². The number of hydrogen-bond acceptors (Lipinski definition) is 2. The van der Waals surface area contributed by atoms with Crippen LogP contribution >= 0.6 is 0 Å². The monoisotopic (exact) mass is 320 g/mol. The van der Waals surface area contributed by atoms with E-state index in [1.54, 1.807) is 24.3 Å². The van der Waals surface area contributed by atoms with Gasteiger partial charge in [-0.05, 0) is 30.0 Å². The van der Waals surface area contributed by atoms with Crippen LogP contribution in [0.5, 0.6) is 0 Å². The van der Waals surface area contributed by atoms with E-state index in [1.165, 1.54) is 25.1 Å². The molecule has 120 valence electrons. The third-order valence-electron chi connectivity index (χ3n) is 4.26. The molecule has 23 heavy (non-hydrogen) atoms. The molecule has 1 aliphatic rings. The Labute approximate surface area is 131 Å². The number of carbonyl (C=O) groups is 1. The molecule has 0 fully saturated rings. The van der Waals surface area contributed by atoms with Crippen LogP contribution in [0.25, 0.3) is 11.1 Å². The van der Waals surface area contributed by atoms with Gasteiger partial charge in [0, 0.05) is 17.5 Å². The number of halogens is 3. The third-order valence-corrected chi connectivity index (χ3v) is 4.26. The van der Waals surface area contributed by atoms with Crippen LogP contribution in [0, 0.1) is 0 Å². The number of rotatable bonds is 3. The SMILES string of the molecule is CC(=O)CCc1ccc2c(c1)C(O)(C(F)(F)F)c1ccccc1-2. The van der Waals surface area contributed by atoms with Crippen LogP contribution in [-0.2, 0) is 16.8 Å². The van der Waals surface area contributed by atoms with Gasteiger partial charge in [0.25, 0.3) is 0 Å². The maximum absolute atomic E-state index is 13.6. The van der Waals surface area contributed by atoms with E-state index >= 15 is 0 Å². The van der Waals surface area contributed by atoms with Gasteiger partial charge in [-0.15, -0.1) is 0 Å². The lowest BCUT2D eigenvalue weighted by Crippen LogP contribution is -2.41. The second-order valence-corrected chi connectivity index (χ2v) is 5.84. The van der Waals surface area contributed by atoms with Crippen molar-refractivity contribution in [2.24, 2.45) is 0 Å². The van der Waals surface area contributed by atoms with Gasteiger partial charge in [0.1, 0.15) is 5.78 Å². The summed E-state index contributed by atoms with van der Waals surface area (Å²) in [5.74, 6) is -0.0279. The third kappa shape index (κ3) is 2.36. The molecule has 2 aromatic rings. The van der Waals surface area contributed by atoms with E-state index < -0.39 is 11.8 Å². The average Bonchev–Trinajstić information content (AvgIpc) is 2.76. The van der Waals surface area contributed by atoms with Gasteiger partial charge in [-0.1, -0.05) is 42.5 Å². The van der Waals surface area contributed by atoms with Gasteiger partial charge in [0.05, 0.1) is 0 Å². The van der Waals surface area contributed by atoms with Gasteiger partial charge in [-0.25, -0.2) is 0 Å². The molecule has 0 saturated heterocycles. The van der Waals surface area contributed by atoms with Crippen molar-refractivity contribution < 1.29 is 23.1 Å². The Kier molecular flexibility index (Phi) is 3.56. The summed E-state index contributed by atoms with van der Waals surface area (Å²) in [6.07, 6.45) is -4.21. The molecule has 3 rings (SSSR count). The summed E-state index contributed by atoms with van der Waals surface area (Å²) < 4.78 is 40.9. The molecular formula is C18H15F3O2. The molecule has 0 spiro atoms. The minimum atomic E-state index is -4.83. The van der Waals surface area contributed by atoms with Crippen molar-refractivity contribution in [3.8, 4) is 11.1 Å². The molecular weight excluding hydrogens is 305 g/mol. The van der Waals surface area contributed by atoms with Crippen LogP contribution in [-0.4, -0.2) is 17.1 Å². The highest BCUT2D eigenvalue weighted by atomic mass is 19.4. The number of aliphatic hydroxyl groups is 1. The number of carbonyl (C=O) groups excluding carboxylic acids is 1. The normalized spacial score (nSPS) is 19.3. The van der Waals surface area contributed by atoms with Crippen molar-refractivity contribution >= 4 is 5.78 Å². The molecule has 2 aromatic carbocycles. The topological polar surface area (TPSA) is 37.3 Å². The number of alkyl halides is 3. The Morgan fingerprint density at radius 1 is 1.09 bits per heavy atom. The molecule has 1 atom stereocenters. The zero-order valence-electron chi connectivity index (χ0n) is 12.4. The summed E-state index contributed by atoms with van der Waals surface area (Å²) >= 11 is 0. The first-order chi connectivity index (χ1) is 10.7. The molecule has 0 saturated carbocycles. The molecule has 5 heteroatoms. The van der Waals surface area contributed by atoms with Crippen LogP contribution < -0.4 is 0 Å². The Morgan fingerprint density at radius 2 is 1.74 bits per heavy atom. The first-order valence-corrected chi connectivity index (χ1v) is 7.27. The maximum atomic E-state index is 13.6. The van der Waals surface area contributed by atoms with E-state index in [2.05, 4.69) is 0 Å². The van der Waals surface area contributed by atoms with Gasteiger partial charge in [0.2, 0.25) is 5.60 Å². The minimum Gasteiger partial charge on any atom is -0.372 e. The molecule has 1 N–H and O–H groups in total. The summed E-state index contributed by atoms with van der Waals surface area (Å²) in [6.45, 7) is 1.44. The number of aryl methyl sites for hydroxylation is 1. The van der Waals surface area contributed by atoms with E-state index in [4.69, 9.17) is 0 Å². The summed E-state index contributed by atoms with van der Waals surface area (Å²) in [5.41, 5.74) is -1.94. The molecule has 0 bridgehead atoms. The van der Waals surface area contributed by atoms with Gasteiger partial charge in [0.15, 0.2) is 0 Å². The Morgan fingerprint density at radius 3 is 2.39 bits per heavy atom. The van der Waals surface area contributed by atoms with Crippen molar-refractivity contribution in [3.63, 3.8) is 0 Å². The minimum absolute atomic E-state index is 0.0279. The molecule has 0 aliphatic heterocycles. The second kappa shape index (κ2) is 5.20. The number of fused-ring (bicyclic) bond motifs is 3. The molecule has 0 heterocycles. The number of Topliss-reactive ketones (excluding diaryl/α,β-unsaturated/α-hetero) is 1. The largest absolute Gasteiger partial charge is 0.425 e. The number of hydrogen-bond donors (Lipinski definition) is 1. The zero-order valence-corrected chi connectivity index (χ0v) is 12.4. The predicted molar refractivity (Wildman–Crippen MR) is 79.9 cm³/mol. The lowest BCUT2D eigenvalue weighted by atomic mass is 9.89. The van der Waals surface area contributed by atoms with Gasteiger partial charge in [-0.3, -0.25) is 0 Å². The Balaban J connectivity index is 2.17. The van der Waals surface area contributed by atoms with E-state index in [1.807, 2.05) is 0 Å². The molecule has 1 aliphatic carbocycles. The zero-order chi connectivity index (χ0) is 16.8. The van der Waals surface area contributed by atoms with E-state index in [-0.39, 0.29) is 23.3 Å². The van der Waals surface area contributed by atoms with Crippen LogP contribution in [0.2, 0.25) is 0 Å². The van der Waals surface area contributed by atoms with Crippen LogP contribution in [0.4, 0.5) is 13.2 Å². The molecule has 1 unspecified atom stereocenters. The number of ketones is 1. The van der Waals surface area contributed by atoms with E-state index in [0.29, 0.717) is 23.1 Å². The fourth-order valence-corrected chi connectivity index (χ4v) is 3.09. The van der Waals surface area contributed by atoms with Gasteiger partial charge < -0.3 is 9.90 Å². The second-order valence-electron chi connectivity index (χ2n) is 5.84. The molecule has 0 amide bonds. The molecule has 2 nitrogen and oxygen atoms in total. The highest BCUT2D eigenvalue weighted by molar-refractivity contribution is 5.81. The standard InChI is InChI=1S/C18H15F3O2/c1-11(22)6-7-12-8-9-14-13-4-2-3-5-15(13)17(23,16(14)10-12)18(19,20)21/h2-5,8-10,23H,6-7H2,1H3. The summed E-state index contributed by atoms with van der Waals surface area (Å²) in [6, 6.07) is 10.7. The maximum Gasteiger partial charge on any atom is 0.425 e. The lowest BCUT2D eigenvalue weighted by Gasteiger charge is -2.28. The van der Waals surface area contributed by atoms with Crippen molar-refractivity contribution in [1.29, 1.82) is 0 Å². The summed E-state index contributed by atoms with van der Waals surface area (Å²) in [4.78, 5) is 11.1. The Hall–Kier alpha value is -2.14. The quantitative estimate of drug-likeness (QED) is 0.928. The average molecular weight is 320 g/mol. The Bertz CT molecular complexity index is 780. The van der Waals surface area contributed by atoms with Crippen LogP contribution in [0.1, 0.15) is 30.0 Å². The van der Waals surface area contributed by atoms with E-state index in [0.717, 1.165) is 0 Å². The number of benzene rings is 2. The molecule has 0 radical (unpaired) electrons. The summed E-state index contributed by atoms with van der Waals surface area (Å²) in [7, 11) is 0. The fraction of sp³-hybridized carbons (Fsp3) is 0.278. The van der Waals surface area contributed by atoms with Gasteiger partial charge >= 0.3 is 6.18 Å². The van der Waals surface area contributed by atoms with Crippen molar-refractivity contribution in [1.82, 2.24) is 0 Å². The highest BCUT2D eigenvalue weighted by Crippen LogP contribution is 2.54. The lowest BCUT2D eigenvalue weighted by molar-refractivity contribution is -0.246. The van der Waals surface area contributed by atoms with Crippen LogP contribution in [0.15, 0.2) is 42.5 Å². The first kappa shape index (κ1) is 15.7. The summed E-state index contributed by atoms with van der Waals surface area (Å²) in [5, 5.41) is 10.5. The van der Waals surface area contributed by atoms with Crippen LogP contribution in [0.3, 0.4) is 0 Å². The van der Waals surface area contributed by atoms with Crippen molar-refractivity contribution in [2.45, 2.75) is 31.5 Å². The smallest absolute Gasteiger partial charge is 0.372 e. The van der Waals surface area contributed by atoms with Crippen molar-refractivity contribution in [2.75, 3.05) is 0 Å². The first-order valence-electron chi connectivity index (χ1n) is 7.27. The molecule has 0 aromatic heterocycles. The van der Waals surface area contributed by atoms with E-state index in [9.17, 15) is 23.1 Å². The predicted octanol–water partition coefficient (Wildman–Crippen LogP) is 3.99. The van der Waals surface area contributed by atoms with Gasteiger partial charge in [-0.2, -0.15) is 13.2 Å².